The topological polar surface area (TPSA) is 30.5 Å². The molecule has 0 fully saturated rings. The Hall–Kier alpha value is -0.450. The summed E-state index contributed by atoms with van der Waals surface area (Å²) in [6, 6.07) is 3.93. The van der Waals surface area contributed by atoms with Gasteiger partial charge in [0.05, 0.1) is 11.5 Å². The third-order valence-electron chi connectivity index (χ3n) is 1.72. The summed E-state index contributed by atoms with van der Waals surface area (Å²) < 4.78 is 9.70. The van der Waals surface area contributed by atoms with Gasteiger partial charge in [-0.05, 0) is 45.1 Å². The normalized spacial score (nSPS) is 13.4. The minimum atomic E-state index is 0.306. The molecule has 79 valence electrons. The van der Waals surface area contributed by atoms with Crippen LogP contribution in [0.15, 0.2) is 22.8 Å². The lowest BCUT2D eigenvalue weighted by molar-refractivity contribution is 0.385. The maximum absolute atomic E-state index is 5.39. The first-order valence-electron chi connectivity index (χ1n) is 4.74. The van der Waals surface area contributed by atoms with Gasteiger partial charge in [-0.2, -0.15) is 4.72 Å². The SMILES string of the molecule is CC[N]SC(CN(C)C)c1ccco1. The number of likely N-dealkylation sites (N-methyl/N-ethyl adjacent to an activating group) is 1. The first-order chi connectivity index (χ1) is 6.74. The molecule has 0 N–H and O–H groups in total. The van der Waals surface area contributed by atoms with Crippen molar-refractivity contribution in [1.29, 1.82) is 0 Å². The van der Waals surface area contributed by atoms with E-state index in [9.17, 15) is 0 Å². The summed E-state index contributed by atoms with van der Waals surface area (Å²) in [6.45, 7) is 3.83. The molecule has 0 aliphatic heterocycles. The van der Waals surface area contributed by atoms with E-state index >= 15 is 0 Å². The molecule has 14 heavy (non-hydrogen) atoms. The van der Waals surface area contributed by atoms with E-state index in [0.717, 1.165) is 18.8 Å². The van der Waals surface area contributed by atoms with E-state index < -0.39 is 0 Å². The fraction of sp³-hybridized carbons (Fsp3) is 0.600. The van der Waals surface area contributed by atoms with Gasteiger partial charge in [-0.25, -0.2) is 0 Å². The van der Waals surface area contributed by atoms with Crippen molar-refractivity contribution < 1.29 is 4.42 Å². The summed E-state index contributed by atoms with van der Waals surface area (Å²) in [7, 11) is 4.12. The van der Waals surface area contributed by atoms with Crippen molar-refractivity contribution in [3.63, 3.8) is 0 Å². The Kier molecular flexibility index (Phi) is 5.07. The first-order valence-corrected chi connectivity index (χ1v) is 5.58. The molecule has 1 radical (unpaired) electrons. The number of furan rings is 1. The Balaban J connectivity index is 2.53. The fourth-order valence-corrected chi connectivity index (χ4v) is 2.08. The van der Waals surface area contributed by atoms with E-state index in [4.69, 9.17) is 4.42 Å². The lowest BCUT2D eigenvalue weighted by Crippen LogP contribution is -2.19. The number of hydrogen-bond donors (Lipinski definition) is 0. The molecule has 0 saturated heterocycles. The number of nitrogens with zero attached hydrogens (tertiary/aromatic N) is 2. The van der Waals surface area contributed by atoms with Gasteiger partial charge in [0.15, 0.2) is 0 Å². The maximum atomic E-state index is 5.39. The first kappa shape index (κ1) is 11.6. The standard InChI is InChI=1S/C10H17N2OS/c1-4-11-14-10(8-12(2)3)9-6-5-7-13-9/h5-7,10H,4,8H2,1-3H3. The maximum Gasteiger partial charge on any atom is 0.119 e. The van der Waals surface area contributed by atoms with Crippen molar-refractivity contribution in [2.75, 3.05) is 27.2 Å². The zero-order valence-corrected chi connectivity index (χ0v) is 9.75. The molecule has 0 bridgehead atoms. The van der Waals surface area contributed by atoms with Crippen LogP contribution < -0.4 is 4.72 Å². The largest absolute Gasteiger partial charge is 0.468 e. The summed E-state index contributed by atoms with van der Waals surface area (Å²) in [6.07, 6.45) is 1.71. The smallest absolute Gasteiger partial charge is 0.119 e. The molecule has 0 aliphatic rings. The molecule has 1 aromatic heterocycles. The molecule has 1 aromatic rings. The van der Waals surface area contributed by atoms with E-state index in [1.807, 2.05) is 19.1 Å². The second-order valence-electron chi connectivity index (χ2n) is 3.32. The Labute approximate surface area is 90.0 Å². The highest BCUT2D eigenvalue weighted by Crippen LogP contribution is 2.27. The summed E-state index contributed by atoms with van der Waals surface area (Å²) in [5, 5.41) is 0.306. The van der Waals surface area contributed by atoms with Crippen LogP contribution in [0.25, 0.3) is 0 Å². The van der Waals surface area contributed by atoms with Crippen molar-refractivity contribution in [2.24, 2.45) is 0 Å². The van der Waals surface area contributed by atoms with Gasteiger partial charge in [0.1, 0.15) is 5.76 Å². The van der Waals surface area contributed by atoms with E-state index in [2.05, 4.69) is 23.7 Å². The van der Waals surface area contributed by atoms with Crippen LogP contribution in [0.2, 0.25) is 0 Å². The lowest BCUT2D eigenvalue weighted by Gasteiger charge is -2.17. The second kappa shape index (κ2) is 6.11. The summed E-state index contributed by atoms with van der Waals surface area (Å²) in [5.74, 6) is 1.00. The van der Waals surface area contributed by atoms with E-state index in [1.165, 1.54) is 0 Å². The van der Waals surface area contributed by atoms with Gasteiger partial charge in [0.25, 0.3) is 0 Å². The molecule has 0 spiro atoms. The number of rotatable bonds is 6. The molecule has 1 unspecified atom stereocenters. The molecule has 1 atom stereocenters. The van der Waals surface area contributed by atoms with Crippen LogP contribution in [-0.2, 0) is 0 Å². The van der Waals surface area contributed by atoms with Crippen LogP contribution in [-0.4, -0.2) is 32.1 Å². The van der Waals surface area contributed by atoms with Gasteiger partial charge in [0, 0.05) is 13.1 Å². The Morgan fingerprint density at radius 3 is 2.86 bits per heavy atom. The van der Waals surface area contributed by atoms with Crippen molar-refractivity contribution >= 4 is 11.9 Å². The molecule has 0 aliphatic carbocycles. The van der Waals surface area contributed by atoms with E-state index in [1.54, 1.807) is 18.2 Å². The van der Waals surface area contributed by atoms with Crippen LogP contribution >= 0.6 is 11.9 Å². The molecule has 4 heteroatoms. The van der Waals surface area contributed by atoms with Gasteiger partial charge in [-0.3, -0.25) is 0 Å². The van der Waals surface area contributed by atoms with Crippen molar-refractivity contribution in [3.05, 3.63) is 24.2 Å². The Bertz CT molecular complexity index is 236. The van der Waals surface area contributed by atoms with E-state index in [-0.39, 0.29) is 0 Å². The number of hydrogen-bond acceptors (Lipinski definition) is 3. The van der Waals surface area contributed by atoms with Gasteiger partial charge in [-0.15, -0.1) is 0 Å². The fourth-order valence-electron chi connectivity index (χ4n) is 1.15. The molecular formula is C10H17N2OS. The molecule has 1 rings (SSSR count). The molecule has 0 saturated carbocycles. The van der Waals surface area contributed by atoms with Gasteiger partial charge >= 0.3 is 0 Å². The molecular weight excluding hydrogens is 196 g/mol. The predicted octanol–water partition coefficient (Wildman–Crippen LogP) is 2.15. The average molecular weight is 213 g/mol. The van der Waals surface area contributed by atoms with Crippen LogP contribution in [0, 0.1) is 0 Å². The molecule has 3 nitrogen and oxygen atoms in total. The summed E-state index contributed by atoms with van der Waals surface area (Å²) >= 11 is 1.60. The second-order valence-corrected chi connectivity index (χ2v) is 4.36. The summed E-state index contributed by atoms with van der Waals surface area (Å²) in [4.78, 5) is 2.14. The van der Waals surface area contributed by atoms with Crippen LogP contribution in [0.5, 0.6) is 0 Å². The highest BCUT2D eigenvalue weighted by atomic mass is 32.2. The third kappa shape index (κ3) is 3.74. The quantitative estimate of drug-likeness (QED) is 0.678. The van der Waals surface area contributed by atoms with Crippen molar-refractivity contribution in [1.82, 2.24) is 9.62 Å². The zero-order chi connectivity index (χ0) is 10.4. The minimum absolute atomic E-state index is 0.306. The molecule has 0 aromatic carbocycles. The van der Waals surface area contributed by atoms with Crippen molar-refractivity contribution in [2.45, 2.75) is 12.2 Å². The van der Waals surface area contributed by atoms with Gasteiger partial charge in [-0.1, -0.05) is 0 Å². The minimum Gasteiger partial charge on any atom is -0.468 e. The molecule has 0 amide bonds. The third-order valence-corrected chi connectivity index (χ3v) is 2.77. The van der Waals surface area contributed by atoms with Crippen LogP contribution in [0.4, 0.5) is 0 Å². The highest BCUT2D eigenvalue weighted by Gasteiger charge is 2.16. The lowest BCUT2D eigenvalue weighted by atomic mass is 10.3. The zero-order valence-electron chi connectivity index (χ0n) is 8.93. The molecule has 1 heterocycles. The van der Waals surface area contributed by atoms with Gasteiger partial charge in [0.2, 0.25) is 0 Å². The summed E-state index contributed by atoms with van der Waals surface area (Å²) in [5.41, 5.74) is 0. The van der Waals surface area contributed by atoms with Crippen LogP contribution in [0.3, 0.4) is 0 Å². The predicted molar refractivity (Wildman–Crippen MR) is 60.3 cm³/mol. The van der Waals surface area contributed by atoms with E-state index in [0.29, 0.717) is 5.25 Å². The van der Waals surface area contributed by atoms with Crippen LogP contribution in [0.1, 0.15) is 17.9 Å². The van der Waals surface area contributed by atoms with Crippen molar-refractivity contribution in [3.8, 4) is 0 Å². The Morgan fingerprint density at radius 1 is 1.57 bits per heavy atom. The Morgan fingerprint density at radius 2 is 2.36 bits per heavy atom. The van der Waals surface area contributed by atoms with Gasteiger partial charge < -0.3 is 9.32 Å². The highest BCUT2D eigenvalue weighted by molar-refractivity contribution is 7.97. The monoisotopic (exact) mass is 213 g/mol. The average Bonchev–Trinajstić information content (AvgIpc) is 2.64.